The second kappa shape index (κ2) is 7.30. The number of hydrogen-bond donors (Lipinski definition) is 1. The van der Waals surface area contributed by atoms with E-state index in [2.05, 4.69) is 6.92 Å². The summed E-state index contributed by atoms with van der Waals surface area (Å²) < 4.78 is 10.9. The highest BCUT2D eigenvalue weighted by Gasteiger charge is 2.09. The molecule has 0 spiro atoms. The van der Waals surface area contributed by atoms with Crippen molar-refractivity contribution in [3.05, 3.63) is 29.8 Å². The van der Waals surface area contributed by atoms with Gasteiger partial charge in [0.05, 0.1) is 19.3 Å². The molecule has 1 atom stereocenters. The van der Waals surface area contributed by atoms with Crippen LogP contribution in [0.1, 0.15) is 38.9 Å². The minimum absolute atomic E-state index is 0.129. The second-order valence-electron chi connectivity index (χ2n) is 4.32. The van der Waals surface area contributed by atoms with E-state index < -0.39 is 6.10 Å². The van der Waals surface area contributed by atoms with Crippen LogP contribution in [0.15, 0.2) is 24.3 Å². The van der Waals surface area contributed by atoms with Gasteiger partial charge in [0.15, 0.2) is 0 Å². The van der Waals surface area contributed by atoms with Crippen LogP contribution in [0.5, 0.6) is 5.75 Å². The van der Waals surface area contributed by atoms with Crippen LogP contribution in [0, 0.1) is 0 Å². The van der Waals surface area contributed by atoms with Crippen molar-refractivity contribution in [2.75, 3.05) is 13.2 Å². The van der Waals surface area contributed by atoms with Crippen molar-refractivity contribution >= 4 is 0 Å². The van der Waals surface area contributed by atoms with Crippen LogP contribution in [0.25, 0.3) is 0 Å². The number of rotatable bonds is 7. The maximum Gasteiger partial charge on any atom is 0.119 e. The van der Waals surface area contributed by atoms with Crippen LogP contribution in [-0.2, 0) is 4.74 Å². The van der Waals surface area contributed by atoms with Gasteiger partial charge in [0.2, 0.25) is 0 Å². The van der Waals surface area contributed by atoms with E-state index in [1.54, 1.807) is 0 Å². The minimum Gasteiger partial charge on any atom is -0.494 e. The average Bonchev–Trinajstić information content (AvgIpc) is 2.33. The molecule has 3 heteroatoms. The Hall–Kier alpha value is -1.06. The van der Waals surface area contributed by atoms with Crippen LogP contribution < -0.4 is 4.74 Å². The molecule has 0 aliphatic rings. The summed E-state index contributed by atoms with van der Waals surface area (Å²) in [5.41, 5.74) is 0.833. The van der Waals surface area contributed by atoms with Gasteiger partial charge in [-0.3, -0.25) is 0 Å². The highest BCUT2D eigenvalue weighted by atomic mass is 16.5. The Morgan fingerprint density at radius 1 is 1.29 bits per heavy atom. The smallest absolute Gasteiger partial charge is 0.119 e. The fourth-order valence-electron chi connectivity index (χ4n) is 1.41. The van der Waals surface area contributed by atoms with Crippen molar-refractivity contribution in [3.8, 4) is 5.75 Å². The third-order valence-electron chi connectivity index (χ3n) is 2.30. The molecular weight excluding hydrogens is 216 g/mol. The van der Waals surface area contributed by atoms with E-state index in [9.17, 15) is 5.11 Å². The van der Waals surface area contributed by atoms with Gasteiger partial charge in [-0.2, -0.15) is 0 Å². The largest absolute Gasteiger partial charge is 0.494 e. The van der Waals surface area contributed by atoms with E-state index in [0.29, 0.717) is 13.2 Å². The first-order valence-electron chi connectivity index (χ1n) is 6.16. The normalized spacial score (nSPS) is 12.8. The molecule has 0 aliphatic carbocycles. The Balaban J connectivity index is 2.57. The number of benzene rings is 1. The monoisotopic (exact) mass is 238 g/mol. The third-order valence-corrected chi connectivity index (χ3v) is 2.30. The standard InChI is InChI=1S/C14H22O3/c1-4-8-16-13-7-5-6-12(9-13)14(15)10-17-11(2)3/h5-7,9,11,14-15H,4,8,10H2,1-3H3. The molecule has 0 radical (unpaired) electrons. The highest BCUT2D eigenvalue weighted by Crippen LogP contribution is 2.20. The first-order chi connectivity index (χ1) is 8.13. The number of hydrogen-bond acceptors (Lipinski definition) is 3. The molecule has 0 amide bonds. The van der Waals surface area contributed by atoms with E-state index in [4.69, 9.17) is 9.47 Å². The summed E-state index contributed by atoms with van der Waals surface area (Å²) in [6.07, 6.45) is 0.509. The molecule has 1 N–H and O–H groups in total. The van der Waals surface area contributed by atoms with Gasteiger partial charge in [0.1, 0.15) is 11.9 Å². The zero-order valence-corrected chi connectivity index (χ0v) is 10.8. The Bertz CT molecular complexity index is 323. The van der Waals surface area contributed by atoms with Gasteiger partial charge in [-0.1, -0.05) is 19.1 Å². The van der Waals surface area contributed by atoms with Crippen molar-refractivity contribution in [2.45, 2.75) is 39.4 Å². The molecular formula is C14H22O3. The van der Waals surface area contributed by atoms with Crippen molar-refractivity contribution in [3.63, 3.8) is 0 Å². The number of aliphatic hydroxyl groups excluding tert-OH is 1. The zero-order chi connectivity index (χ0) is 12.7. The highest BCUT2D eigenvalue weighted by molar-refractivity contribution is 5.29. The first kappa shape index (κ1) is 14.0. The lowest BCUT2D eigenvalue weighted by atomic mass is 10.1. The van der Waals surface area contributed by atoms with Crippen LogP contribution in [-0.4, -0.2) is 24.4 Å². The van der Waals surface area contributed by atoms with Crippen LogP contribution in [0.4, 0.5) is 0 Å². The maximum atomic E-state index is 9.94. The summed E-state index contributed by atoms with van der Waals surface area (Å²) in [7, 11) is 0. The van der Waals surface area contributed by atoms with Crippen molar-refractivity contribution in [1.29, 1.82) is 0 Å². The molecule has 96 valence electrons. The van der Waals surface area contributed by atoms with E-state index in [0.717, 1.165) is 17.7 Å². The second-order valence-corrected chi connectivity index (χ2v) is 4.32. The molecule has 0 fully saturated rings. The Kier molecular flexibility index (Phi) is 6.01. The fourth-order valence-corrected chi connectivity index (χ4v) is 1.41. The lowest BCUT2D eigenvalue weighted by molar-refractivity contribution is 0.00485. The average molecular weight is 238 g/mol. The summed E-state index contributed by atoms with van der Waals surface area (Å²) in [4.78, 5) is 0. The van der Waals surface area contributed by atoms with Crippen LogP contribution in [0.2, 0.25) is 0 Å². The lowest BCUT2D eigenvalue weighted by Crippen LogP contribution is -2.12. The molecule has 0 saturated carbocycles. The third kappa shape index (κ3) is 5.20. The molecule has 0 bridgehead atoms. The summed E-state index contributed by atoms with van der Waals surface area (Å²) in [6.45, 7) is 6.98. The van der Waals surface area contributed by atoms with Gasteiger partial charge in [-0.25, -0.2) is 0 Å². The van der Waals surface area contributed by atoms with Crippen LogP contribution >= 0.6 is 0 Å². The molecule has 0 aliphatic heterocycles. The van der Waals surface area contributed by atoms with Crippen molar-refractivity contribution in [2.24, 2.45) is 0 Å². The molecule has 0 saturated heterocycles. The van der Waals surface area contributed by atoms with E-state index in [-0.39, 0.29) is 6.10 Å². The molecule has 1 aromatic carbocycles. The topological polar surface area (TPSA) is 38.7 Å². The Morgan fingerprint density at radius 3 is 2.71 bits per heavy atom. The minimum atomic E-state index is -0.595. The first-order valence-corrected chi connectivity index (χ1v) is 6.16. The Morgan fingerprint density at radius 2 is 2.06 bits per heavy atom. The molecule has 1 aromatic rings. The lowest BCUT2D eigenvalue weighted by Gasteiger charge is -2.14. The van der Waals surface area contributed by atoms with Gasteiger partial charge in [-0.15, -0.1) is 0 Å². The Labute approximate surface area is 103 Å². The van der Waals surface area contributed by atoms with E-state index in [1.807, 2.05) is 38.1 Å². The van der Waals surface area contributed by atoms with E-state index >= 15 is 0 Å². The van der Waals surface area contributed by atoms with Gasteiger partial charge >= 0.3 is 0 Å². The summed E-state index contributed by atoms with van der Waals surface area (Å²) in [5, 5.41) is 9.94. The molecule has 0 heterocycles. The van der Waals surface area contributed by atoms with Gasteiger partial charge in [-0.05, 0) is 38.0 Å². The maximum absolute atomic E-state index is 9.94. The summed E-state index contributed by atoms with van der Waals surface area (Å²) in [5.74, 6) is 0.799. The van der Waals surface area contributed by atoms with Gasteiger partial charge in [0, 0.05) is 0 Å². The van der Waals surface area contributed by atoms with Gasteiger partial charge < -0.3 is 14.6 Å². The quantitative estimate of drug-likeness (QED) is 0.793. The summed E-state index contributed by atoms with van der Waals surface area (Å²) in [6, 6.07) is 7.53. The molecule has 1 rings (SSSR count). The summed E-state index contributed by atoms with van der Waals surface area (Å²) >= 11 is 0. The molecule has 0 aromatic heterocycles. The zero-order valence-electron chi connectivity index (χ0n) is 10.8. The predicted octanol–water partition coefficient (Wildman–Crippen LogP) is 2.93. The van der Waals surface area contributed by atoms with E-state index in [1.165, 1.54) is 0 Å². The van der Waals surface area contributed by atoms with Crippen molar-refractivity contribution < 1.29 is 14.6 Å². The molecule has 17 heavy (non-hydrogen) atoms. The molecule has 3 nitrogen and oxygen atoms in total. The fraction of sp³-hybridized carbons (Fsp3) is 0.571. The number of aliphatic hydroxyl groups is 1. The van der Waals surface area contributed by atoms with Crippen molar-refractivity contribution in [1.82, 2.24) is 0 Å². The van der Waals surface area contributed by atoms with Gasteiger partial charge in [0.25, 0.3) is 0 Å². The SMILES string of the molecule is CCCOc1cccc(C(O)COC(C)C)c1. The number of ether oxygens (including phenoxy) is 2. The molecule has 1 unspecified atom stereocenters. The predicted molar refractivity (Wildman–Crippen MR) is 68.3 cm³/mol. The van der Waals surface area contributed by atoms with Crippen LogP contribution in [0.3, 0.4) is 0 Å².